The summed E-state index contributed by atoms with van der Waals surface area (Å²) >= 11 is 0. The Morgan fingerprint density at radius 3 is 1.84 bits per heavy atom. The molecule has 3 aliphatic rings. The van der Waals surface area contributed by atoms with Gasteiger partial charge in [-0.1, -0.05) is 24.3 Å². The molecule has 15 N–H and O–H groups in total. The van der Waals surface area contributed by atoms with E-state index in [2.05, 4.69) is 25.9 Å². The molecule has 2 heterocycles. The van der Waals surface area contributed by atoms with Crippen molar-refractivity contribution in [2.24, 2.45) is 38.8 Å². The summed E-state index contributed by atoms with van der Waals surface area (Å²) in [4.78, 5) is 64.2. The fourth-order valence-corrected chi connectivity index (χ4v) is 7.49. The quantitative estimate of drug-likeness (QED) is 0.0708. The molecule has 0 bridgehead atoms. The first-order chi connectivity index (χ1) is 24.1. The van der Waals surface area contributed by atoms with Gasteiger partial charge >= 0.3 is 0 Å². The third-order valence-corrected chi connectivity index (χ3v) is 9.93. The molecule has 274 valence electrons. The Bertz CT molecular complexity index is 1710. The van der Waals surface area contributed by atoms with Crippen LogP contribution in [0.15, 0.2) is 58.5 Å². The highest BCUT2D eigenvalue weighted by atomic mass is 16.4. The molecule has 3 fully saturated rings. The lowest BCUT2D eigenvalue weighted by Crippen LogP contribution is -2.71. The molecule has 0 spiro atoms. The van der Waals surface area contributed by atoms with Crippen molar-refractivity contribution in [1.29, 1.82) is 0 Å². The highest BCUT2D eigenvalue weighted by Crippen LogP contribution is 2.51. The van der Waals surface area contributed by atoms with Gasteiger partial charge in [0.05, 0.1) is 18.0 Å². The standard InChI is InChI=1S/C33H44N10O8/c1-16-27(47)42-26-24(18-5-9-20(45)10-6-18)23(17-3-7-19(44)8-4-17)25(26)41-22(46)15-43-29(49)32(50,12-2-13-38-30(34)35)21(11-14-39-31(36)37)33(43,51)28(48)40-16/h3-10,16,21,23-26,44-45,50-51H,2,11-15H2,1H3,(H,40,48)(H,41,46)(H,42,47)(H4,34,35,38)(H4,36,37,39)/t16-,21+,23-,24+,25+,26-,32-,33-/m0/s1. The predicted octanol–water partition coefficient (Wildman–Crippen LogP) is -2.94. The Labute approximate surface area is 293 Å². The number of amides is 4. The van der Waals surface area contributed by atoms with Gasteiger partial charge in [0.25, 0.3) is 11.8 Å². The van der Waals surface area contributed by atoms with Gasteiger partial charge in [0, 0.05) is 24.9 Å². The number of hydrogen-bond donors (Lipinski definition) is 11. The Hall–Kier alpha value is -5.62. The average Bonchev–Trinajstić information content (AvgIpc) is 3.22. The number of phenolic OH excluding ortho intramolecular Hbond substituents is 2. The molecule has 2 aromatic rings. The fourth-order valence-electron chi connectivity index (χ4n) is 7.49. The Kier molecular flexibility index (Phi) is 10.3. The number of aliphatic imine (C=N–C) groups is 2. The summed E-state index contributed by atoms with van der Waals surface area (Å²) in [6.45, 7) is 0.331. The molecule has 1 saturated carbocycles. The molecule has 4 amide bonds. The summed E-state index contributed by atoms with van der Waals surface area (Å²) in [5.41, 5.74) is 18.0. The lowest BCUT2D eigenvalue weighted by atomic mass is 9.59. The van der Waals surface area contributed by atoms with Crippen molar-refractivity contribution >= 4 is 35.5 Å². The molecular weight excluding hydrogens is 664 g/mol. The number of guanidine groups is 2. The van der Waals surface area contributed by atoms with E-state index in [9.17, 15) is 39.6 Å². The van der Waals surface area contributed by atoms with E-state index >= 15 is 0 Å². The molecule has 18 heteroatoms. The minimum absolute atomic E-state index is 0.00474. The highest BCUT2D eigenvalue weighted by Gasteiger charge is 2.69. The predicted molar refractivity (Wildman–Crippen MR) is 183 cm³/mol. The summed E-state index contributed by atoms with van der Waals surface area (Å²) in [6.07, 6.45) is -0.556. The second-order valence-electron chi connectivity index (χ2n) is 13.2. The second-order valence-corrected chi connectivity index (χ2v) is 13.2. The van der Waals surface area contributed by atoms with Crippen LogP contribution in [0.25, 0.3) is 0 Å². The topological polar surface area (TPSA) is 317 Å². The highest BCUT2D eigenvalue weighted by molar-refractivity contribution is 6.01. The largest absolute Gasteiger partial charge is 0.508 e. The van der Waals surface area contributed by atoms with Crippen molar-refractivity contribution in [3.8, 4) is 11.5 Å². The van der Waals surface area contributed by atoms with Crippen LogP contribution in [-0.2, 0) is 19.2 Å². The van der Waals surface area contributed by atoms with E-state index in [0.717, 1.165) is 5.56 Å². The van der Waals surface area contributed by atoms with Crippen molar-refractivity contribution in [2.75, 3.05) is 19.6 Å². The van der Waals surface area contributed by atoms with Crippen molar-refractivity contribution in [3.05, 3.63) is 59.7 Å². The van der Waals surface area contributed by atoms with Gasteiger partial charge in [0.2, 0.25) is 17.5 Å². The molecular formula is C33H44N10O8. The normalized spacial score (nSPS) is 30.6. The van der Waals surface area contributed by atoms with Crippen molar-refractivity contribution in [1.82, 2.24) is 20.9 Å². The molecule has 51 heavy (non-hydrogen) atoms. The number of phenols is 2. The lowest BCUT2D eigenvalue weighted by molar-refractivity contribution is -0.175. The lowest BCUT2D eigenvalue weighted by Gasteiger charge is -2.53. The third kappa shape index (κ3) is 7.04. The third-order valence-electron chi connectivity index (χ3n) is 9.93. The van der Waals surface area contributed by atoms with Gasteiger partial charge < -0.3 is 59.3 Å². The number of nitrogens with two attached hydrogens (primary N) is 4. The van der Waals surface area contributed by atoms with Gasteiger partial charge in [-0.15, -0.1) is 0 Å². The van der Waals surface area contributed by atoms with Crippen LogP contribution in [0.2, 0.25) is 0 Å². The molecule has 18 nitrogen and oxygen atoms in total. The number of rotatable bonds is 9. The molecule has 1 aliphatic carbocycles. The number of aliphatic hydroxyl groups is 2. The van der Waals surface area contributed by atoms with E-state index in [4.69, 9.17) is 22.9 Å². The number of fused-ring (bicyclic) bond motifs is 2. The zero-order valence-electron chi connectivity index (χ0n) is 27.9. The molecule has 0 unspecified atom stereocenters. The first-order valence-corrected chi connectivity index (χ1v) is 16.4. The smallest absolute Gasteiger partial charge is 0.274 e. The number of aromatic hydroxyl groups is 2. The maximum Gasteiger partial charge on any atom is 0.274 e. The maximum atomic E-state index is 14.2. The van der Waals surface area contributed by atoms with Crippen LogP contribution in [-0.4, -0.2) is 110 Å². The Morgan fingerprint density at radius 2 is 1.31 bits per heavy atom. The molecule has 8 atom stereocenters. The number of carbonyl (C=O) groups is 4. The van der Waals surface area contributed by atoms with Crippen LogP contribution in [0.4, 0.5) is 0 Å². The summed E-state index contributed by atoms with van der Waals surface area (Å²) in [6, 6.07) is 9.94. The number of nitrogens with zero attached hydrogens (tertiary/aromatic N) is 3. The van der Waals surface area contributed by atoms with E-state index in [0.29, 0.717) is 10.5 Å². The Morgan fingerprint density at radius 1 is 0.804 bits per heavy atom. The van der Waals surface area contributed by atoms with Gasteiger partial charge in [0.15, 0.2) is 17.5 Å². The minimum atomic E-state index is -2.84. The van der Waals surface area contributed by atoms with E-state index in [1.165, 1.54) is 31.2 Å². The van der Waals surface area contributed by atoms with E-state index in [1.54, 1.807) is 24.3 Å². The molecule has 2 aromatic carbocycles. The van der Waals surface area contributed by atoms with Crippen LogP contribution in [0.1, 0.15) is 49.1 Å². The number of nitrogens with one attached hydrogen (secondary N) is 3. The summed E-state index contributed by atoms with van der Waals surface area (Å²) in [5.74, 6) is -6.76. The van der Waals surface area contributed by atoms with Crippen LogP contribution < -0.4 is 38.9 Å². The van der Waals surface area contributed by atoms with E-state index in [1.807, 2.05) is 0 Å². The first-order valence-electron chi connectivity index (χ1n) is 16.4. The van der Waals surface area contributed by atoms with Gasteiger partial charge in [-0.25, -0.2) is 0 Å². The zero-order chi connectivity index (χ0) is 37.2. The second kappa shape index (κ2) is 14.3. The van der Waals surface area contributed by atoms with Crippen LogP contribution >= 0.6 is 0 Å². The monoisotopic (exact) mass is 708 g/mol. The first kappa shape index (κ1) is 36.7. The van der Waals surface area contributed by atoms with E-state index in [-0.39, 0.29) is 55.8 Å². The van der Waals surface area contributed by atoms with Crippen molar-refractivity contribution in [2.45, 2.75) is 67.5 Å². The average molecular weight is 709 g/mol. The van der Waals surface area contributed by atoms with Crippen LogP contribution in [0.3, 0.4) is 0 Å². The summed E-state index contributed by atoms with van der Waals surface area (Å²) in [5, 5.41) is 52.5. The molecule has 2 saturated heterocycles. The van der Waals surface area contributed by atoms with Crippen LogP contribution in [0.5, 0.6) is 11.5 Å². The van der Waals surface area contributed by atoms with E-state index < -0.39 is 77.4 Å². The molecule has 2 aliphatic heterocycles. The van der Waals surface area contributed by atoms with Gasteiger partial charge in [-0.3, -0.25) is 34.1 Å². The minimum Gasteiger partial charge on any atom is -0.508 e. The van der Waals surface area contributed by atoms with Crippen molar-refractivity contribution < 1.29 is 39.6 Å². The molecule has 0 radical (unpaired) electrons. The summed E-state index contributed by atoms with van der Waals surface area (Å²) < 4.78 is 0. The fraction of sp³-hybridized carbons (Fsp3) is 0.455. The van der Waals surface area contributed by atoms with Gasteiger partial charge in [0.1, 0.15) is 24.1 Å². The molecule has 5 rings (SSSR count). The number of hydrogen-bond acceptors (Lipinski definition) is 10. The van der Waals surface area contributed by atoms with Crippen molar-refractivity contribution in [3.63, 3.8) is 0 Å². The zero-order valence-corrected chi connectivity index (χ0v) is 27.9. The maximum absolute atomic E-state index is 14.2. The Balaban J connectivity index is 1.56. The number of carbonyl (C=O) groups excluding carboxylic acids is 4. The van der Waals surface area contributed by atoms with Crippen LogP contribution in [0, 0.1) is 5.92 Å². The van der Waals surface area contributed by atoms with Gasteiger partial charge in [-0.2, -0.15) is 0 Å². The summed E-state index contributed by atoms with van der Waals surface area (Å²) in [7, 11) is 0. The SMILES string of the molecule is C[C@@H]1NC(=O)[C@@]2(O)[C@H](CCN=C(N)N)[C@@](O)(CCCN=C(N)N)C(=O)N2CC(=O)N[C@H]2[C@@H](NC1=O)[C@H](c1ccc(O)cc1)[C@@H]2c1ccc(O)cc1. The number of benzene rings is 2. The van der Waals surface area contributed by atoms with Gasteiger partial charge in [-0.05, 0) is 61.6 Å². The molecule has 0 aromatic heterocycles.